The predicted octanol–water partition coefficient (Wildman–Crippen LogP) is 4.38. The molecule has 0 spiro atoms. The van der Waals surface area contributed by atoms with Gasteiger partial charge >= 0.3 is 0 Å². The number of phenolic OH excluding ortho intramolecular Hbond substituents is 1. The molecule has 2 aromatic carbocycles. The zero-order chi connectivity index (χ0) is 21.0. The van der Waals surface area contributed by atoms with Crippen molar-refractivity contribution in [2.45, 2.75) is 19.9 Å². The van der Waals surface area contributed by atoms with E-state index >= 15 is 0 Å². The van der Waals surface area contributed by atoms with E-state index in [1.165, 1.54) is 18.3 Å². The lowest BCUT2D eigenvalue weighted by Crippen LogP contribution is -2.31. The fraction of sp³-hybridized carbons (Fsp3) is 0.182. The van der Waals surface area contributed by atoms with Gasteiger partial charge in [0.1, 0.15) is 11.3 Å². The Morgan fingerprint density at radius 2 is 1.93 bits per heavy atom. The Morgan fingerprint density at radius 3 is 2.59 bits per heavy atom. The van der Waals surface area contributed by atoms with Crippen molar-refractivity contribution in [1.29, 1.82) is 0 Å². The summed E-state index contributed by atoms with van der Waals surface area (Å²) in [5.41, 5.74) is 1.04. The SMILES string of the molecule is CC(C)C(=O)N[C@H](/C=C/c1ccccc1)c1cc([N+](=O)[O-])c2cccnc2c1O. The van der Waals surface area contributed by atoms with E-state index < -0.39 is 11.0 Å². The molecule has 0 aliphatic rings. The Bertz CT molecular complexity index is 1080. The summed E-state index contributed by atoms with van der Waals surface area (Å²) < 4.78 is 0. The molecule has 3 aromatic rings. The lowest BCUT2D eigenvalue weighted by molar-refractivity contribution is -0.383. The van der Waals surface area contributed by atoms with Gasteiger partial charge in [0.2, 0.25) is 5.91 Å². The Kier molecular flexibility index (Phi) is 5.87. The molecule has 0 aliphatic carbocycles. The number of phenols is 1. The van der Waals surface area contributed by atoms with Crippen molar-refractivity contribution < 1.29 is 14.8 Å². The minimum absolute atomic E-state index is 0.119. The lowest BCUT2D eigenvalue weighted by Gasteiger charge is -2.19. The molecule has 0 fully saturated rings. The number of nitro groups is 1. The number of nitrogens with zero attached hydrogens (tertiary/aromatic N) is 2. The van der Waals surface area contributed by atoms with Gasteiger partial charge in [-0.25, -0.2) is 0 Å². The Morgan fingerprint density at radius 1 is 1.21 bits per heavy atom. The molecule has 1 atom stereocenters. The fourth-order valence-corrected chi connectivity index (χ4v) is 2.94. The smallest absolute Gasteiger partial charge is 0.279 e. The molecule has 0 aliphatic heterocycles. The monoisotopic (exact) mass is 391 g/mol. The van der Waals surface area contributed by atoms with Crippen LogP contribution in [-0.4, -0.2) is 20.9 Å². The van der Waals surface area contributed by atoms with E-state index in [0.717, 1.165) is 5.56 Å². The molecule has 148 valence electrons. The molecule has 7 heteroatoms. The van der Waals surface area contributed by atoms with Crippen molar-refractivity contribution in [2.75, 3.05) is 0 Å². The van der Waals surface area contributed by atoms with Crippen LogP contribution in [0.1, 0.15) is 31.0 Å². The first-order valence-corrected chi connectivity index (χ1v) is 9.17. The van der Waals surface area contributed by atoms with E-state index in [2.05, 4.69) is 10.3 Å². The number of fused-ring (bicyclic) bond motifs is 1. The van der Waals surface area contributed by atoms with Gasteiger partial charge in [0.15, 0.2) is 0 Å². The normalized spacial score (nSPS) is 12.4. The molecule has 0 radical (unpaired) electrons. The van der Waals surface area contributed by atoms with Crippen LogP contribution in [0, 0.1) is 16.0 Å². The van der Waals surface area contributed by atoms with Crippen molar-refractivity contribution in [1.82, 2.24) is 10.3 Å². The quantitative estimate of drug-likeness (QED) is 0.479. The number of carbonyl (C=O) groups is 1. The summed E-state index contributed by atoms with van der Waals surface area (Å²) in [6.07, 6.45) is 4.94. The van der Waals surface area contributed by atoms with Crippen LogP contribution in [0.5, 0.6) is 5.75 Å². The van der Waals surface area contributed by atoms with E-state index in [9.17, 15) is 20.0 Å². The van der Waals surface area contributed by atoms with Crippen LogP contribution >= 0.6 is 0 Å². The molecule has 3 rings (SSSR count). The Balaban J connectivity index is 2.15. The molecule has 0 saturated carbocycles. The maximum absolute atomic E-state index is 12.4. The second-order valence-electron chi connectivity index (χ2n) is 6.90. The number of aromatic hydroxyl groups is 1. The maximum atomic E-state index is 12.4. The number of pyridine rings is 1. The molecule has 1 heterocycles. The first kappa shape index (κ1) is 20.0. The van der Waals surface area contributed by atoms with Gasteiger partial charge in [-0.15, -0.1) is 0 Å². The number of nitrogens with one attached hydrogen (secondary N) is 1. The number of amides is 1. The third-order valence-electron chi connectivity index (χ3n) is 4.51. The molecule has 0 bridgehead atoms. The predicted molar refractivity (Wildman–Crippen MR) is 111 cm³/mol. The zero-order valence-corrected chi connectivity index (χ0v) is 16.1. The number of nitro benzene ring substituents is 1. The van der Waals surface area contributed by atoms with Crippen LogP contribution in [0.3, 0.4) is 0 Å². The largest absolute Gasteiger partial charge is 0.505 e. The second-order valence-corrected chi connectivity index (χ2v) is 6.90. The van der Waals surface area contributed by atoms with Gasteiger partial charge in [-0.3, -0.25) is 19.9 Å². The molecule has 0 saturated heterocycles. The molecule has 2 N–H and O–H groups in total. The number of benzene rings is 2. The van der Waals surface area contributed by atoms with Crippen LogP contribution in [-0.2, 0) is 4.79 Å². The van der Waals surface area contributed by atoms with Crippen LogP contribution in [0.4, 0.5) is 5.69 Å². The highest BCUT2D eigenvalue weighted by Gasteiger charge is 2.25. The van der Waals surface area contributed by atoms with Crippen molar-refractivity contribution in [2.24, 2.45) is 5.92 Å². The highest BCUT2D eigenvalue weighted by atomic mass is 16.6. The number of non-ortho nitro benzene ring substituents is 1. The molecule has 1 aromatic heterocycles. The first-order valence-electron chi connectivity index (χ1n) is 9.17. The number of rotatable bonds is 6. The van der Waals surface area contributed by atoms with Crippen LogP contribution in [0.2, 0.25) is 0 Å². The number of carbonyl (C=O) groups excluding carboxylic acids is 1. The minimum Gasteiger partial charge on any atom is -0.505 e. The molecular formula is C22H21N3O4. The van der Waals surface area contributed by atoms with Gasteiger partial charge in [0, 0.05) is 23.7 Å². The first-order chi connectivity index (χ1) is 13.9. The van der Waals surface area contributed by atoms with Crippen LogP contribution in [0.25, 0.3) is 17.0 Å². The summed E-state index contributed by atoms with van der Waals surface area (Å²) in [5.74, 6) is -0.729. The van der Waals surface area contributed by atoms with Crippen molar-refractivity contribution in [3.05, 3.63) is 82.0 Å². The average molecular weight is 391 g/mol. The second kappa shape index (κ2) is 8.52. The van der Waals surface area contributed by atoms with Gasteiger partial charge in [-0.2, -0.15) is 0 Å². The molecule has 7 nitrogen and oxygen atoms in total. The Labute approximate surface area is 167 Å². The molecular weight excluding hydrogens is 370 g/mol. The maximum Gasteiger partial charge on any atom is 0.279 e. The number of hydrogen-bond acceptors (Lipinski definition) is 5. The van der Waals surface area contributed by atoms with Gasteiger partial charge in [-0.1, -0.05) is 56.3 Å². The molecule has 29 heavy (non-hydrogen) atoms. The van der Waals surface area contributed by atoms with E-state index in [1.54, 1.807) is 32.1 Å². The number of hydrogen-bond donors (Lipinski definition) is 2. The Hall–Kier alpha value is -3.74. The van der Waals surface area contributed by atoms with E-state index in [1.807, 2.05) is 30.3 Å². The third-order valence-corrected chi connectivity index (χ3v) is 4.51. The highest BCUT2D eigenvalue weighted by Crippen LogP contribution is 2.38. The summed E-state index contributed by atoms with van der Waals surface area (Å²) in [6, 6.07) is 13.1. The van der Waals surface area contributed by atoms with Crippen LogP contribution < -0.4 is 5.32 Å². The lowest BCUT2D eigenvalue weighted by atomic mass is 9.99. The van der Waals surface area contributed by atoms with Gasteiger partial charge < -0.3 is 10.4 Å². The summed E-state index contributed by atoms with van der Waals surface area (Å²) in [6.45, 7) is 3.50. The van der Waals surface area contributed by atoms with E-state index in [4.69, 9.17) is 0 Å². The number of aromatic nitrogens is 1. The summed E-state index contributed by atoms with van der Waals surface area (Å²) in [4.78, 5) is 27.5. The van der Waals surface area contributed by atoms with Crippen molar-refractivity contribution >= 4 is 28.6 Å². The zero-order valence-electron chi connectivity index (χ0n) is 16.1. The van der Waals surface area contributed by atoms with Crippen molar-refractivity contribution in [3.8, 4) is 5.75 Å². The van der Waals surface area contributed by atoms with Crippen LogP contribution in [0.15, 0.2) is 60.8 Å². The van der Waals surface area contributed by atoms with Gasteiger partial charge in [0.05, 0.1) is 16.4 Å². The molecule has 1 amide bonds. The summed E-state index contributed by atoms with van der Waals surface area (Å²) in [7, 11) is 0. The van der Waals surface area contributed by atoms with Gasteiger partial charge in [-0.05, 0) is 17.7 Å². The summed E-state index contributed by atoms with van der Waals surface area (Å²) >= 11 is 0. The third kappa shape index (κ3) is 4.40. The topological polar surface area (TPSA) is 105 Å². The van der Waals surface area contributed by atoms with E-state index in [-0.39, 0.29) is 39.7 Å². The highest BCUT2D eigenvalue weighted by molar-refractivity contribution is 5.94. The fourth-order valence-electron chi connectivity index (χ4n) is 2.94. The summed E-state index contributed by atoms with van der Waals surface area (Å²) in [5, 5.41) is 25.5. The standard InChI is InChI=1S/C22H21N3O4/c1-14(2)22(27)24-18(11-10-15-7-4-3-5-8-15)17-13-19(25(28)29)16-9-6-12-23-20(16)21(17)26/h3-14,18,26H,1-2H3,(H,24,27)/b11-10+/t18-/m1/s1. The minimum atomic E-state index is -0.768. The molecule has 0 unspecified atom stereocenters. The van der Waals surface area contributed by atoms with Crippen molar-refractivity contribution in [3.63, 3.8) is 0 Å². The average Bonchev–Trinajstić information content (AvgIpc) is 2.72. The van der Waals surface area contributed by atoms with E-state index in [0.29, 0.717) is 0 Å². The van der Waals surface area contributed by atoms with Gasteiger partial charge in [0.25, 0.3) is 5.69 Å².